The van der Waals surface area contributed by atoms with Crippen LogP contribution in [0.1, 0.15) is 39.0 Å². The Hall–Kier alpha value is -0.240. The summed E-state index contributed by atoms with van der Waals surface area (Å²) in [7, 11) is 0. The van der Waals surface area contributed by atoms with Crippen molar-refractivity contribution in [1.82, 2.24) is 4.90 Å². The van der Waals surface area contributed by atoms with Gasteiger partial charge in [-0.2, -0.15) is 0 Å². The van der Waals surface area contributed by atoms with Crippen molar-refractivity contribution in [2.24, 2.45) is 11.8 Å². The Morgan fingerprint density at radius 1 is 1.27 bits per heavy atom. The summed E-state index contributed by atoms with van der Waals surface area (Å²) in [6, 6.07) is 0. The first kappa shape index (κ1) is 11.3. The van der Waals surface area contributed by atoms with Crippen LogP contribution in [0.3, 0.4) is 0 Å². The lowest BCUT2D eigenvalue weighted by molar-refractivity contribution is -0.139. The van der Waals surface area contributed by atoms with Gasteiger partial charge in [0.2, 0.25) is 5.91 Å². The molecule has 86 valence electrons. The van der Waals surface area contributed by atoms with Crippen molar-refractivity contribution in [1.29, 1.82) is 0 Å². The number of halogens is 1. The van der Waals surface area contributed by atoms with Crippen molar-refractivity contribution in [3.05, 3.63) is 0 Å². The molecule has 0 aromatic heterocycles. The van der Waals surface area contributed by atoms with Gasteiger partial charge in [-0.1, -0.05) is 6.42 Å². The second-order valence-electron chi connectivity index (χ2n) is 4.97. The molecule has 2 aliphatic rings. The van der Waals surface area contributed by atoms with Crippen molar-refractivity contribution < 1.29 is 4.79 Å². The Labute approximate surface area is 97.0 Å². The Morgan fingerprint density at radius 2 is 1.87 bits per heavy atom. The summed E-state index contributed by atoms with van der Waals surface area (Å²) < 4.78 is 0. The SMILES string of the molecule is CC(Cl)C1CCN(C(=O)C2CCC2)CC1. The zero-order chi connectivity index (χ0) is 10.8. The summed E-state index contributed by atoms with van der Waals surface area (Å²) in [5, 5.41) is 0.256. The van der Waals surface area contributed by atoms with Crippen LogP contribution < -0.4 is 0 Å². The first-order valence-corrected chi connectivity index (χ1v) is 6.55. The second-order valence-corrected chi connectivity index (χ2v) is 5.66. The molecule has 1 unspecified atom stereocenters. The van der Waals surface area contributed by atoms with Gasteiger partial charge >= 0.3 is 0 Å². The van der Waals surface area contributed by atoms with E-state index in [1.165, 1.54) is 6.42 Å². The van der Waals surface area contributed by atoms with Crippen molar-refractivity contribution in [3.8, 4) is 0 Å². The average Bonchev–Trinajstić information content (AvgIpc) is 2.15. The van der Waals surface area contributed by atoms with E-state index in [1.807, 2.05) is 0 Å². The van der Waals surface area contributed by atoms with Gasteiger partial charge in [0, 0.05) is 24.4 Å². The minimum Gasteiger partial charge on any atom is -0.342 e. The number of carbonyl (C=O) groups is 1. The summed E-state index contributed by atoms with van der Waals surface area (Å²) >= 11 is 6.08. The third kappa shape index (κ3) is 2.47. The van der Waals surface area contributed by atoms with Crippen molar-refractivity contribution in [3.63, 3.8) is 0 Å². The largest absolute Gasteiger partial charge is 0.342 e. The topological polar surface area (TPSA) is 20.3 Å². The molecule has 1 aliphatic heterocycles. The Kier molecular flexibility index (Phi) is 3.55. The van der Waals surface area contributed by atoms with E-state index in [2.05, 4.69) is 11.8 Å². The summed E-state index contributed by atoms with van der Waals surface area (Å²) in [6.07, 6.45) is 5.65. The van der Waals surface area contributed by atoms with E-state index >= 15 is 0 Å². The summed E-state index contributed by atoms with van der Waals surface area (Å²) in [4.78, 5) is 14.0. The first-order chi connectivity index (χ1) is 7.18. The Balaban J connectivity index is 1.79. The molecule has 1 aliphatic carbocycles. The van der Waals surface area contributed by atoms with Gasteiger partial charge in [-0.15, -0.1) is 11.6 Å². The number of amides is 1. The Bertz CT molecular complexity index is 230. The highest BCUT2D eigenvalue weighted by Gasteiger charge is 2.32. The fourth-order valence-electron chi connectivity index (χ4n) is 2.49. The zero-order valence-corrected chi connectivity index (χ0v) is 10.2. The third-order valence-corrected chi connectivity index (χ3v) is 4.31. The van der Waals surface area contributed by atoms with Crippen LogP contribution in [0.5, 0.6) is 0 Å². The molecule has 1 saturated heterocycles. The highest BCUT2D eigenvalue weighted by atomic mass is 35.5. The van der Waals surface area contributed by atoms with Gasteiger partial charge in [-0.25, -0.2) is 0 Å². The van der Waals surface area contributed by atoms with Crippen molar-refractivity contribution in [2.75, 3.05) is 13.1 Å². The molecular weight excluding hydrogens is 210 g/mol. The zero-order valence-electron chi connectivity index (χ0n) is 9.42. The van der Waals surface area contributed by atoms with E-state index < -0.39 is 0 Å². The van der Waals surface area contributed by atoms with Gasteiger partial charge in [0.15, 0.2) is 0 Å². The molecule has 0 bridgehead atoms. The molecule has 1 atom stereocenters. The number of carbonyl (C=O) groups excluding carboxylic acids is 1. The lowest BCUT2D eigenvalue weighted by Gasteiger charge is -2.37. The van der Waals surface area contributed by atoms with Gasteiger partial charge in [0.1, 0.15) is 0 Å². The minimum absolute atomic E-state index is 0.256. The molecule has 2 fully saturated rings. The fourth-order valence-corrected chi connectivity index (χ4v) is 2.74. The van der Waals surface area contributed by atoms with Crippen molar-refractivity contribution in [2.45, 2.75) is 44.4 Å². The second kappa shape index (κ2) is 4.73. The molecule has 0 aromatic carbocycles. The fraction of sp³-hybridized carbons (Fsp3) is 0.917. The minimum atomic E-state index is 0.256. The maximum atomic E-state index is 11.9. The lowest BCUT2D eigenvalue weighted by Crippen LogP contribution is -2.44. The standard InChI is InChI=1S/C12H20ClNO/c1-9(13)10-5-7-14(8-6-10)12(15)11-3-2-4-11/h9-11H,2-8H2,1H3. The normalized spacial score (nSPS) is 26.1. The molecule has 2 rings (SSSR count). The van der Waals surface area contributed by atoms with Gasteiger partial charge < -0.3 is 4.90 Å². The first-order valence-electron chi connectivity index (χ1n) is 6.11. The average molecular weight is 230 g/mol. The molecule has 1 heterocycles. The number of nitrogens with zero attached hydrogens (tertiary/aromatic N) is 1. The number of hydrogen-bond acceptors (Lipinski definition) is 1. The molecule has 0 N–H and O–H groups in total. The van der Waals surface area contributed by atoms with Crippen LogP contribution in [0.2, 0.25) is 0 Å². The number of rotatable bonds is 2. The highest BCUT2D eigenvalue weighted by molar-refractivity contribution is 6.20. The van der Waals surface area contributed by atoms with Gasteiger partial charge in [0.05, 0.1) is 0 Å². The van der Waals surface area contributed by atoms with E-state index in [9.17, 15) is 4.79 Å². The van der Waals surface area contributed by atoms with Crippen molar-refractivity contribution >= 4 is 17.5 Å². The monoisotopic (exact) mass is 229 g/mol. The third-order valence-electron chi connectivity index (χ3n) is 3.96. The molecule has 3 heteroatoms. The summed E-state index contributed by atoms with van der Waals surface area (Å²) in [5.74, 6) is 1.37. The quantitative estimate of drug-likeness (QED) is 0.667. The lowest BCUT2D eigenvalue weighted by atomic mass is 9.83. The number of hydrogen-bond donors (Lipinski definition) is 0. The molecule has 0 radical (unpaired) electrons. The molecular formula is C12H20ClNO. The maximum Gasteiger partial charge on any atom is 0.225 e. The number of alkyl halides is 1. The predicted octanol–water partition coefficient (Wildman–Crippen LogP) is 2.65. The van der Waals surface area contributed by atoms with Crippen LogP contribution in [0.25, 0.3) is 0 Å². The number of piperidine rings is 1. The maximum absolute atomic E-state index is 11.9. The highest BCUT2D eigenvalue weighted by Crippen LogP contribution is 2.31. The molecule has 0 aromatic rings. The Morgan fingerprint density at radius 3 is 2.27 bits per heavy atom. The summed E-state index contributed by atoms with van der Waals surface area (Å²) in [6.45, 7) is 3.92. The van der Waals surface area contributed by atoms with E-state index in [4.69, 9.17) is 11.6 Å². The molecule has 1 saturated carbocycles. The predicted molar refractivity (Wildman–Crippen MR) is 62.0 cm³/mol. The smallest absolute Gasteiger partial charge is 0.225 e. The van der Waals surface area contributed by atoms with E-state index in [1.54, 1.807) is 0 Å². The van der Waals surface area contributed by atoms with Crippen LogP contribution in [-0.2, 0) is 4.79 Å². The van der Waals surface area contributed by atoms with Gasteiger partial charge in [0.25, 0.3) is 0 Å². The van der Waals surface area contributed by atoms with Crippen LogP contribution in [0, 0.1) is 11.8 Å². The molecule has 2 nitrogen and oxygen atoms in total. The van der Waals surface area contributed by atoms with Crippen LogP contribution in [0.15, 0.2) is 0 Å². The van der Waals surface area contributed by atoms with E-state index in [-0.39, 0.29) is 5.38 Å². The van der Waals surface area contributed by atoms with Crippen LogP contribution in [-0.4, -0.2) is 29.3 Å². The summed E-state index contributed by atoms with van der Waals surface area (Å²) in [5.41, 5.74) is 0. The van der Waals surface area contributed by atoms with Gasteiger partial charge in [-0.05, 0) is 38.5 Å². The molecule has 15 heavy (non-hydrogen) atoms. The van der Waals surface area contributed by atoms with Crippen LogP contribution >= 0.6 is 11.6 Å². The van der Waals surface area contributed by atoms with Crippen LogP contribution in [0.4, 0.5) is 0 Å². The number of likely N-dealkylation sites (tertiary alicyclic amines) is 1. The molecule has 0 spiro atoms. The van der Waals surface area contributed by atoms with Gasteiger partial charge in [-0.3, -0.25) is 4.79 Å². The van der Waals surface area contributed by atoms with E-state index in [0.29, 0.717) is 17.7 Å². The molecule has 1 amide bonds. The van der Waals surface area contributed by atoms with E-state index in [0.717, 1.165) is 38.8 Å².